The van der Waals surface area contributed by atoms with Crippen LogP contribution in [0.2, 0.25) is 5.02 Å². The molecule has 1 fully saturated rings. The second-order valence-electron chi connectivity index (χ2n) is 6.51. The molecule has 3 rings (SSSR count). The van der Waals surface area contributed by atoms with Crippen molar-refractivity contribution in [2.24, 2.45) is 0 Å². The Hall–Kier alpha value is -2.28. The average Bonchev–Trinajstić information content (AvgIpc) is 2.66. The number of anilines is 1. The summed E-state index contributed by atoms with van der Waals surface area (Å²) in [6, 6.07) is 14.5. The van der Waals surface area contributed by atoms with Crippen LogP contribution in [0.15, 0.2) is 48.5 Å². The minimum Gasteiger partial charge on any atom is -0.332 e. The number of carbonyl (C=O) groups excluding carboxylic acids is 2. The van der Waals surface area contributed by atoms with Gasteiger partial charge in [0.2, 0.25) is 5.91 Å². The predicted molar refractivity (Wildman–Crippen MR) is 114 cm³/mol. The monoisotopic (exact) mass is 422 g/mol. The Morgan fingerprint density at radius 2 is 2.00 bits per heavy atom. The van der Waals surface area contributed by atoms with Crippen molar-refractivity contribution in [2.45, 2.75) is 13.0 Å². The molecule has 8 heteroatoms. The van der Waals surface area contributed by atoms with Crippen molar-refractivity contribution in [3.05, 3.63) is 64.7 Å². The van der Waals surface area contributed by atoms with Gasteiger partial charge in [0.25, 0.3) is 0 Å². The summed E-state index contributed by atoms with van der Waals surface area (Å²) in [6.07, 6.45) is 0. The summed E-state index contributed by atoms with van der Waals surface area (Å²) in [4.78, 5) is 26.6. The Morgan fingerprint density at radius 3 is 2.75 bits per heavy atom. The second kappa shape index (κ2) is 10.3. The van der Waals surface area contributed by atoms with Gasteiger partial charge in [0, 0.05) is 30.3 Å². The van der Waals surface area contributed by atoms with Gasteiger partial charge < -0.3 is 20.9 Å². The van der Waals surface area contributed by atoms with Crippen LogP contribution in [0.4, 0.5) is 10.5 Å². The molecule has 1 aliphatic rings. The topological polar surface area (TPSA) is 73.5 Å². The second-order valence-corrected chi connectivity index (χ2v) is 6.91. The maximum Gasteiger partial charge on any atom is 0.319 e. The Morgan fingerprint density at radius 1 is 1.21 bits per heavy atom. The van der Waals surface area contributed by atoms with Crippen LogP contribution in [0, 0.1) is 6.92 Å². The molecule has 0 aromatic heterocycles. The SMILES string of the molecule is Cc1cccc(NC(=O)NCC(=O)N2CCNCC2c2ccccc2Cl)c1.Cl. The normalized spacial score (nSPS) is 16.1. The van der Waals surface area contributed by atoms with Crippen molar-refractivity contribution < 1.29 is 9.59 Å². The molecule has 1 heterocycles. The molecule has 0 bridgehead atoms. The minimum atomic E-state index is -0.404. The highest BCUT2D eigenvalue weighted by Crippen LogP contribution is 2.28. The minimum absolute atomic E-state index is 0. The first-order valence-corrected chi connectivity index (χ1v) is 9.28. The van der Waals surface area contributed by atoms with E-state index in [-0.39, 0.29) is 30.9 Å². The number of amides is 3. The molecule has 0 radical (unpaired) electrons. The summed E-state index contributed by atoms with van der Waals surface area (Å²) < 4.78 is 0. The summed E-state index contributed by atoms with van der Waals surface area (Å²) in [5, 5.41) is 9.31. The predicted octanol–water partition coefficient (Wildman–Crippen LogP) is 3.36. The van der Waals surface area contributed by atoms with Gasteiger partial charge in [0.15, 0.2) is 0 Å². The van der Waals surface area contributed by atoms with Crippen LogP contribution in [0.1, 0.15) is 17.2 Å². The average molecular weight is 423 g/mol. The van der Waals surface area contributed by atoms with Gasteiger partial charge in [-0.2, -0.15) is 0 Å². The molecule has 1 unspecified atom stereocenters. The lowest BCUT2D eigenvalue weighted by Crippen LogP contribution is -2.51. The quantitative estimate of drug-likeness (QED) is 0.706. The number of hydrogen-bond donors (Lipinski definition) is 3. The van der Waals surface area contributed by atoms with Gasteiger partial charge in [-0.15, -0.1) is 12.4 Å². The highest BCUT2D eigenvalue weighted by molar-refractivity contribution is 6.31. The molecule has 1 atom stereocenters. The molecule has 0 aliphatic carbocycles. The van der Waals surface area contributed by atoms with Gasteiger partial charge in [-0.3, -0.25) is 4.79 Å². The first kappa shape index (κ1) is 22.0. The van der Waals surface area contributed by atoms with Gasteiger partial charge in [-0.25, -0.2) is 4.79 Å². The third-order valence-corrected chi connectivity index (χ3v) is 4.85. The number of halogens is 2. The van der Waals surface area contributed by atoms with E-state index in [1.807, 2.05) is 49.4 Å². The number of piperazine rings is 1. The molecule has 2 aromatic carbocycles. The summed E-state index contributed by atoms with van der Waals surface area (Å²) in [5.41, 5.74) is 2.65. The first-order valence-electron chi connectivity index (χ1n) is 8.91. The lowest BCUT2D eigenvalue weighted by atomic mass is 10.0. The van der Waals surface area contributed by atoms with Crippen LogP contribution >= 0.6 is 24.0 Å². The lowest BCUT2D eigenvalue weighted by molar-refractivity contribution is -0.133. The van der Waals surface area contributed by atoms with Gasteiger partial charge in [0.1, 0.15) is 0 Å². The zero-order valence-electron chi connectivity index (χ0n) is 15.6. The maximum atomic E-state index is 12.7. The van der Waals surface area contributed by atoms with E-state index in [1.165, 1.54) is 0 Å². The Bertz CT molecular complexity index is 831. The van der Waals surface area contributed by atoms with Crippen molar-refractivity contribution in [1.82, 2.24) is 15.5 Å². The molecular formula is C20H24Cl2N4O2. The fourth-order valence-electron chi connectivity index (χ4n) is 3.18. The van der Waals surface area contributed by atoms with Crippen LogP contribution in [-0.2, 0) is 4.79 Å². The van der Waals surface area contributed by atoms with Gasteiger partial charge in [0.05, 0.1) is 12.6 Å². The molecule has 0 spiro atoms. The summed E-state index contributed by atoms with van der Waals surface area (Å²) in [7, 11) is 0. The van der Waals surface area contributed by atoms with Crippen molar-refractivity contribution in [3.8, 4) is 0 Å². The highest BCUT2D eigenvalue weighted by Gasteiger charge is 2.29. The Kier molecular flexibility index (Phi) is 8.11. The number of aryl methyl sites for hydroxylation is 1. The number of urea groups is 1. The van der Waals surface area contributed by atoms with Gasteiger partial charge in [-0.1, -0.05) is 41.9 Å². The van der Waals surface area contributed by atoms with E-state index in [9.17, 15) is 9.59 Å². The van der Waals surface area contributed by atoms with E-state index in [2.05, 4.69) is 16.0 Å². The first-order chi connectivity index (χ1) is 13.0. The molecule has 2 aromatic rings. The fraction of sp³-hybridized carbons (Fsp3) is 0.300. The largest absolute Gasteiger partial charge is 0.332 e. The molecule has 1 aliphatic heterocycles. The molecule has 3 amide bonds. The van der Waals surface area contributed by atoms with E-state index in [1.54, 1.807) is 11.0 Å². The van der Waals surface area contributed by atoms with E-state index < -0.39 is 6.03 Å². The smallest absolute Gasteiger partial charge is 0.319 e. The zero-order valence-corrected chi connectivity index (χ0v) is 17.1. The number of rotatable bonds is 4. The van der Waals surface area contributed by atoms with Crippen molar-refractivity contribution in [3.63, 3.8) is 0 Å². The summed E-state index contributed by atoms with van der Waals surface area (Å²) in [5.74, 6) is -0.138. The lowest BCUT2D eigenvalue weighted by Gasteiger charge is -2.37. The van der Waals surface area contributed by atoms with E-state index in [4.69, 9.17) is 11.6 Å². The standard InChI is InChI=1S/C20H23ClN4O2.ClH/c1-14-5-4-6-15(11-14)24-20(27)23-13-19(26)25-10-9-22-12-18(25)16-7-2-3-8-17(16)21;/h2-8,11,18,22H,9-10,12-13H2,1H3,(H2,23,24,27);1H. The molecule has 0 saturated carbocycles. The van der Waals surface area contributed by atoms with E-state index in [0.29, 0.717) is 30.3 Å². The maximum absolute atomic E-state index is 12.7. The molecule has 3 N–H and O–H groups in total. The molecule has 150 valence electrons. The number of carbonyl (C=O) groups is 2. The zero-order chi connectivity index (χ0) is 19.2. The molecule has 1 saturated heterocycles. The van der Waals surface area contributed by atoms with Crippen LogP contribution in [0.5, 0.6) is 0 Å². The van der Waals surface area contributed by atoms with Gasteiger partial charge >= 0.3 is 6.03 Å². The van der Waals surface area contributed by atoms with Crippen LogP contribution < -0.4 is 16.0 Å². The van der Waals surface area contributed by atoms with E-state index in [0.717, 1.165) is 11.1 Å². The summed E-state index contributed by atoms with van der Waals surface area (Å²) >= 11 is 6.31. The molecule has 6 nitrogen and oxygen atoms in total. The number of hydrogen-bond acceptors (Lipinski definition) is 3. The number of benzene rings is 2. The van der Waals surface area contributed by atoms with Crippen molar-refractivity contribution in [2.75, 3.05) is 31.5 Å². The molecular weight excluding hydrogens is 399 g/mol. The van der Waals surface area contributed by atoms with Crippen LogP contribution in [0.3, 0.4) is 0 Å². The van der Waals surface area contributed by atoms with E-state index >= 15 is 0 Å². The van der Waals surface area contributed by atoms with Gasteiger partial charge in [-0.05, 0) is 36.2 Å². The number of nitrogens with zero attached hydrogens (tertiary/aromatic N) is 1. The highest BCUT2D eigenvalue weighted by atomic mass is 35.5. The molecule has 28 heavy (non-hydrogen) atoms. The third kappa shape index (κ3) is 5.61. The van der Waals surface area contributed by atoms with Crippen molar-refractivity contribution in [1.29, 1.82) is 0 Å². The third-order valence-electron chi connectivity index (χ3n) is 4.50. The summed E-state index contributed by atoms with van der Waals surface area (Å²) in [6.45, 7) is 3.79. The number of nitrogens with one attached hydrogen (secondary N) is 3. The Labute approximate surface area is 176 Å². The van der Waals surface area contributed by atoms with Crippen LogP contribution in [-0.4, -0.2) is 43.0 Å². The van der Waals surface area contributed by atoms with Crippen LogP contribution in [0.25, 0.3) is 0 Å². The Balaban J connectivity index is 0.00000280. The fourth-order valence-corrected chi connectivity index (χ4v) is 3.44. The van der Waals surface area contributed by atoms with Crippen molar-refractivity contribution >= 4 is 41.6 Å².